The fraction of sp³-hybridized carbons (Fsp3) is 0.333. The highest BCUT2D eigenvalue weighted by atomic mass is 19.4. The van der Waals surface area contributed by atoms with E-state index in [1.165, 1.54) is 6.20 Å². The first-order valence-corrected chi connectivity index (χ1v) is 4.26. The molecule has 4 nitrogen and oxygen atoms in total. The Morgan fingerprint density at radius 1 is 1.56 bits per heavy atom. The van der Waals surface area contributed by atoms with Gasteiger partial charge in [-0.1, -0.05) is 0 Å². The largest absolute Gasteiger partial charge is 0.478 e. The average Bonchev–Trinajstić information content (AvgIpc) is 2.15. The molecule has 0 saturated heterocycles. The summed E-state index contributed by atoms with van der Waals surface area (Å²) in [6, 6.07) is 1.16. The molecular formula is C9H9F3N2O2. The first-order valence-electron chi connectivity index (χ1n) is 4.26. The van der Waals surface area contributed by atoms with Crippen molar-refractivity contribution in [2.75, 3.05) is 18.5 Å². The number of nitrogens with zero attached hydrogens (tertiary/aromatic N) is 2. The highest BCUT2D eigenvalue weighted by Crippen LogP contribution is 2.23. The van der Waals surface area contributed by atoms with Crippen molar-refractivity contribution in [1.82, 2.24) is 4.98 Å². The second-order valence-corrected chi connectivity index (χ2v) is 3.17. The third kappa shape index (κ3) is 3.11. The summed E-state index contributed by atoms with van der Waals surface area (Å²) in [7, 11) is 1.16. The van der Waals surface area contributed by atoms with E-state index >= 15 is 0 Å². The molecule has 0 spiro atoms. The van der Waals surface area contributed by atoms with Gasteiger partial charge in [0.05, 0.1) is 17.4 Å². The molecule has 0 saturated carbocycles. The molecule has 16 heavy (non-hydrogen) atoms. The SMILES string of the molecule is CN(CC(F)(F)F)c1cnccc1C(=O)O. The summed E-state index contributed by atoms with van der Waals surface area (Å²) in [5.41, 5.74) is -0.269. The van der Waals surface area contributed by atoms with E-state index in [1.54, 1.807) is 0 Å². The van der Waals surface area contributed by atoms with Crippen molar-refractivity contribution in [3.05, 3.63) is 24.0 Å². The van der Waals surface area contributed by atoms with Crippen LogP contribution in [0.2, 0.25) is 0 Å². The van der Waals surface area contributed by atoms with Gasteiger partial charge in [0.25, 0.3) is 0 Å². The molecule has 0 aromatic carbocycles. The quantitative estimate of drug-likeness (QED) is 0.866. The number of carboxylic acids is 1. The van der Waals surface area contributed by atoms with Crippen molar-refractivity contribution < 1.29 is 23.1 Å². The minimum absolute atomic E-state index is 0.0627. The molecule has 0 atom stereocenters. The molecule has 0 unspecified atom stereocenters. The summed E-state index contributed by atoms with van der Waals surface area (Å²) in [4.78, 5) is 15.2. The predicted octanol–water partition coefficient (Wildman–Crippen LogP) is 1.78. The zero-order valence-electron chi connectivity index (χ0n) is 8.32. The molecule has 0 aliphatic heterocycles. The molecule has 1 rings (SSSR count). The zero-order chi connectivity index (χ0) is 12.3. The van der Waals surface area contributed by atoms with Gasteiger partial charge in [0, 0.05) is 13.2 Å². The van der Waals surface area contributed by atoms with Crippen molar-refractivity contribution in [1.29, 1.82) is 0 Å². The Morgan fingerprint density at radius 3 is 2.69 bits per heavy atom. The Morgan fingerprint density at radius 2 is 2.19 bits per heavy atom. The predicted molar refractivity (Wildman–Crippen MR) is 50.5 cm³/mol. The van der Waals surface area contributed by atoms with Crippen LogP contribution in [0, 0.1) is 0 Å². The van der Waals surface area contributed by atoms with E-state index < -0.39 is 18.7 Å². The number of pyridine rings is 1. The summed E-state index contributed by atoms with van der Waals surface area (Å²) in [6.07, 6.45) is -2.08. The van der Waals surface area contributed by atoms with Gasteiger partial charge >= 0.3 is 12.1 Å². The van der Waals surface area contributed by atoms with Crippen molar-refractivity contribution in [2.24, 2.45) is 0 Å². The van der Waals surface area contributed by atoms with Crippen molar-refractivity contribution in [3.8, 4) is 0 Å². The zero-order valence-corrected chi connectivity index (χ0v) is 8.32. The van der Waals surface area contributed by atoms with Crippen LogP contribution >= 0.6 is 0 Å². The highest BCUT2D eigenvalue weighted by Gasteiger charge is 2.30. The number of hydrogen-bond donors (Lipinski definition) is 1. The first-order chi connectivity index (χ1) is 7.31. The molecule has 1 aromatic rings. The number of aromatic carboxylic acids is 1. The van der Waals surface area contributed by atoms with Crippen molar-refractivity contribution >= 4 is 11.7 Å². The number of hydrogen-bond acceptors (Lipinski definition) is 3. The van der Waals surface area contributed by atoms with Crippen molar-refractivity contribution in [2.45, 2.75) is 6.18 Å². The third-order valence-corrected chi connectivity index (χ3v) is 1.86. The third-order valence-electron chi connectivity index (χ3n) is 1.86. The number of alkyl halides is 3. The molecule has 1 aromatic heterocycles. The maximum atomic E-state index is 12.1. The number of rotatable bonds is 3. The minimum Gasteiger partial charge on any atom is -0.478 e. The van der Waals surface area contributed by atoms with E-state index in [2.05, 4.69) is 4.98 Å². The smallest absolute Gasteiger partial charge is 0.405 e. The minimum atomic E-state index is -4.39. The van der Waals surface area contributed by atoms with Gasteiger partial charge in [-0.2, -0.15) is 13.2 Å². The van der Waals surface area contributed by atoms with Gasteiger partial charge in [0.15, 0.2) is 0 Å². The summed E-state index contributed by atoms with van der Waals surface area (Å²) >= 11 is 0. The summed E-state index contributed by atoms with van der Waals surface area (Å²) in [5, 5.41) is 8.78. The number of halogens is 3. The highest BCUT2D eigenvalue weighted by molar-refractivity contribution is 5.94. The fourth-order valence-corrected chi connectivity index (χ4v) is 1.23. The van der Waals surface area contributed by atoms with Crippen LogP contribution in [0.4, 0.5) is 18.9 Å². The van der Waals surface area contributed by atoms with Crippen LogP contribution in [0.25, 0.3) is 0 Å². The van der Waals surface area contributed by atoms with E-state index in [0.717, 1.165) is 24.2 Å². The van der Waals surface area contributed by atoms with Crippen LogP contribution in [0.15, 0.2) is 18.5 Å². The lowest BCUT2D eigenvalue weighted by molar-refractivity contribution is -0.119. The maximum absolute atomic E-state index is 12.1. The monoisotopic (exact) mass is 234 g/mol. The molecule has 0 aliphatic carbocycles. The van der Waals surface area contributed by atoms with Crippen LogP contribution in [0.3, 0.4) is 0 Å². The Bertz CT molecular complexity index is 393. The lowest BCUT2D eigenvalue weighted by Crippen LogP contribution is -2.32. The van der Waals surface area contributed by atoms with Crippen molar-refractivity contribution in [3.63, 3.8) is 0 Å². The van der Waals surface area contributed by atoms with Crippen LogP contribution in [0.1, 0.15) is 10.4 Å². The van der Waals surface area contributed by atoms with E-state index in [9.17, 15) is 18.0 Å². The molecule has 0 amide bonds. The lowest BCUT2D eigenvalue weighted by Gasteiger charge is -2.21. The maximum Gasteiger partial charge on any atom is 0.405 e. The fourth-order valence-electron chi connectivity index (χ4n) is 1.23. The number of carboxylic acid groups (broad SMARTS) is 1. The number of anilines is 1. The second kappa shape index (κ2) is 4.38. The molecule has 0 aliphatic rings. The van der Waals surface area contributed by atoms with Gasteiger partial charge in [0.2, 0.25) is 0 Å². The van der Waals surface area contributed by atoms with E-state index in [4.69, 9.17) is 5.11 Å². The molecule has 0 bridgehead atoms. The van der Waals surface area contributed by atoms with Crippen LogP contribution < -0.4 is 4.90 Å². The van der Waals surface area contributed by atoms with Gasteiger partial charge in [-0.05, 0) is 6.07 Å². The Balaban J connectivity index is 2.99. The molecule has 7 heteroatoms. The van der Waals surface area contributed by atoms with Gasteiger partial charge in [-0.3, -0.25) is 4.98 Å². The van der Waals surface area contributed by atoms with E-state index in [-0.39, 0.29) is 11.3 Å². The van der Waals surface area contributed by atoms with Crippen LogP contribution in [0.5, 0.6) is 0 Å². The van der Waals surface area contributed by atoms with Crippen LogP contribution in [-0.2, 0) is 0 Å². The molecule has 0 radical (unpaired) electrons. The molecule has 88 valence electrons. The molecule has 1 N–H and O–H groups in total. The Hall–Kier alpha value is -1.79. The number of aromatic nitrogens is 1. The van der Waals surface area contributed by atoms with E-state index in [1.807, 2.05) is 0 Å². The molecular weight excluding hydrogens is 225 g/mol. The standard InChI is InChI=1S/C9H9F3N2O2/c1-14(5-9(10,11)12)7-4-13-3-2-6(7)8(15)16/h2-4H,5H2,1H3,(H,15,16). The number of carbonyl (C=O) groups is 1. The normalized spacial score (nSPS) is 11.2. The Kier molecular flexibility index (Phi) is 3.36. The summed E-state index contributed by atoms with van der Waals surface area (Å²) in [6.45, 7) is -1.22. The molecule has 0 fully saturated rings. The summed E-state index contributed by atoms with van der Waals surface area (Å²) < 4.78 is 36.3. The second-order valence-electron chi connectivity index (χ2n) is 3.17. The van der Waals surface area contributed by atoms with Gasteiger partial charge in [-0.15, -0.1) is 0 Å². The van der Waals surface area contributed by atoms with Gasteiger partial charge in [-0.25, -0.2) is 4.79 Å². The van der Waals surface area contributed by atoms with Gasteiger partial charge in [0.1, 0.15) is 6.54 Å². The van der Waals surface area contributed by atoms with Gasteiger partial charge < -0.3 is 10.0 Å². The van der Waals surface area contributed by atoms with E-state index in [0.29, 0.717) is 0 Å². The average molecular weight is 234 g/mol. The molecule has 1 heterocycles. The first kappa shape index (κ1) is 12.3. The van der Waals surface area contributed by atoms with Crippen LogP contribution in [-0.4, -0.2) is 35.8 Å². The lowest BCUT2D eigenvalue weighted by atomic mass is 10.2. The Labute approximate surface area is 89.3 Å². The summed E-state index contributed by atoms with van der Waals surface area (Å²) in [5.74, 6) is -1.29. The topological polar surface area (TPSA) is 53.4 Å².